The van der Waals surface area contributed by atoms with Gasteiger partial charge in [-0.2, -0.15) is 5.26 Å². The first kappa shape index (κ1) is 24.4. The molecule has 182 valence electrons. The molecule has 0 spiro atoms. The smallest absolute Gasteiger partial charge is 0.262 e. The summed E-state index contributed by atoms with van der Waals surface area (Å²) in [6.07, 6.45) is 3.92. The van der Waals surface area contributed by atoms with Gasteiger partial charge in [0, 0.05) is 6.54 Å². The van der Waals surface area contributed by atoms with Crippen molar-refractivity contribution in [3.05, 3.63) is 101 Å². The van der Waals surface area contributed by atoms with Gasteiger partial charge in [0.25, 0.3) is 5.91 Å². The lowest BCUT2D eigenvalue weighted by Crippen LogP contribution is -2.23. The summed E-state index contributed by atoms with van der Waals surface area (Å²) in [4.78, 5) is 12.6. The molecular formula is C29H26N2O5. The molecule has 0 radical (unpaired) electrons. The number of methoxy groups -OCH3 is 1. The maximum Gasteiger partial charge on any atom is 0.262 e. The molecule has 4 rings (SSSR count). The van der Waals surface area contributed by atoms with Gasteiger partial charge in [0.1, 0.15) is 29.7 Å². The van der Waals surface area contributed by atoms with Crippen molar-refractivity contribution in [2.45, 2.75) is 19.6 Å². The summed E-state index contributed by atoms with van der Waals surface area (Å²) < 4.78 is 22.0. The molecular weight excluding hydrogens is 456 g/mol. The number of nitrogens with one attached hydrogen (secondary N) is 1. The van der Waals surface area contributed by atoms with Gasteiger partial charge in [-0.3, -0.25) is 4.79 Å². The molecule has 7 nitrogen and oxygen atoms in total. The van der Waals surface area contributed by atoms with Crippen molar-refractivity contribution in [2.24, 2.45) is 0 Å². The lowest BCUT2D eigenvalue weighted by molar-refractivity contribution is -0.117. The zero-order chi connectivity index (χ0) is 25.3. The standard InChI is InChI=1S/C29H26N2O5/c1-3-4-23-13-21(7-11-26(23)34-18-22-8-12-27-28(15-22)36-19-35-27)14-24(16-30)29(32)31-17-20-5-9-25(33-2)10-6-20/h3,5-15H,1,4,17-19H2,2H3,(H,31,32)/b24-14-. The van der Waals surface area contributed by atoms with Crippen LogP contribution in [0, 0.1) is 11.3 Å². The Morgan fingerprint density at radius 1 is 1.08 bits per heavy atom. The van der Waals surface area contributed by atoms with Crippen molar-refractivity contribution < 1.29 is 23.7 Å². The predicted molar refractivity (Wildman–Crippen MR) is 136 cm³/mol. The third-order valence-corrected chi connectivity index (χ3v) is 5.57. The second-order valence-corrected chi connectivity index (χ2v) is 8.04. The Labute approximate surface area is 210 Å². The number of carbonyl (C=O) groups is 1. The number of nitrogens with zero attached hydrogens (tertiary/aromatic N) is 1. The molecule has 1 heterocycles. The number of hydrogen-bond acceptors (Lipinski definition) is 6. The van der Waals surface area contributed by atoms with Crippen molar-refractivity contribution in [2.75, 3.05) is 13.9 Å². The van der Waals surface area contributed by atoms with Crippen LogP contribution in [0.15, 0.2) is 78.9 Å². The van der Waals surface area contributed by atoms with Gasteiger partial charge in [-0.05, 0) is 71.1 Å². The molecule has 0 aliphatic carbocycles. The van der Waals surface area contributed by atoms with E-state index < -0.39 is 5.91 Å². The maximum atomic E-state index is 12.6. The van der Waals surface area contributed by atoms with Crippen LogP contribution in [0.25, 0.3) is 6.08 Å². The van der Waals surface area contributed by atoms with E-state index in [9.17, 15) is 10.1 Å². The number of fused-ring (bicyclic) bond motifs is 1. The van der Waals surface area contributed by atoms with E-state index in [1.165, 1.54) is 0 Å². The third kappa shape index (κ3) is 6.05. The largest absolute Gasteiger partial charge is 0.497 e. The number of ether oxygens (including phenoxy) is 4. The number of hydrogen-bond donors (Lipinski definition) is 1. The van der Waals surface area contributed by atoms with Crippen LogP contribution in [-0.4, -0.2) is 19.8 Å². The van der Waals surface area contributed by atoms with E-state index >= 15 is 0 Å². The van der Waals surface area contributed by atoms with Gasteiger partial charge in [-0.15, -0.1) is 6.58 Å². The monoisotopic (exact) mass is 482 g/mol. The summed E-state index contributed by atoms with van der Waals surface area (Å²) in [5.74, 6) is 2.43. The first-order valence-electron chi connectivity index (χ1n) is 11.4. The maximum absolute atomic E-state index is 12.6. The van der Waals surface area contributed by atoms with Crippen molar-refractivity contribution in [1.82, 2.24) is 5.32 Å². The molecule has 0 fully saturated rings. The number of amides is 1. The van der Waals surface area contributed by atoms with E-state index in [1.54, 1.807) is 19.3 Å². The van der Waals surface area contributed by atoms with Crippen LogP contribution < -0.4 is 24.3 Å². The normalized spacial score (nSPS) is 11.9. The average molecular weight is 483 g/mol. The lowest BCUT2D eigenvalue weighted by Gasteiger charge is -2.12. The minimum atomic E-state index is -0.443. The van der Waals surface area contributed by atoms with Crippen LogP contribution in [-0.2, 0) is 24.4 Å². The summed E-state index contributed by atoms with van der Waals surface area (Å²) in [6.45, 7) is 4.71. The van der Waals surface area contributed by atoms with Crippen molar-refractivity contribution >= 4 is 12.0 Å². The Balaban J connectivity index is 1.43. The second kappa shape index (κ2) is 11.6. The molecule has 7 heteroatoms. The highest BCUT2D eigenvalue weighted by Crippen LogP contribution is 2.33. The van der Waals surface area contributed by atoms with Gasteiger partial charge in [0.15, 0.2) is 11.5 Å². The molecule has 3 aromatic rings. The second-order valence-electron chi connectivity index (χ2n) is 8.04. The van der Waals surface area contributed by atoms with E-state index in [4.69, 9.17) is 18.9 Å². The Kier molecular flexibility index (Phi) is 7.89. The van der Waals surface area contributed by atoms with Crippen molar-refractivity contribution in [3.8, 4) is 29.1 Å². The summed E-state index contributed by atoms with van der Waals surface area (Å²) >= 11 is 0. The van der Waals surface area contributed by atoms with Crippen molar-refractivity contribution in [3.63, 3.8) is 0 Å². The van der Waals surface area contributed by atoms with E-state index in [2.05, 4.69) is 11.9 Å². The summed E-state index contributed by atoms with van der Waals surface area (Å²) in [5.41, 5.74) is 3.49. The SMILES string of the molecule is C=CCc1cc(/C=C(/C#N)C(=O)NCc2ccc(OC)cc2)ccc1OCc1ccc2c(c1)OCO2. The van der Waals surface area contributed by atoms with Crippen LogP contribution >= 0.6 is 0 Å². The minimum Gasteiger partial charge on any atom is -0.497 e. The highest BCUT2D eigenvalue weighted by molar-refractivity contribution is 6.01. The number of carbonyl (C=O) groups excluding carboxylic acids is 1. The predicted octanol–water partition coefficient (Wildman–Crippen LogP) is 4.95. The first-order valence-corrected chi connectivity index (χ1v) is 11.4. The van der Waals surface area contributed by atoms with E-state index in [0.717, 1.165) is 33.8 Å². The molecule has 0 unspecified atom stereocenters. The molecule has 0 aromatic heterocycles. The van der Waals surface area contributed by atoms with E-state index in [1.807, 2.05) is 66.7 Å². The van der Waals surface area contributed by atoms with Crippen molar-refractivity contribution in [1.29, 1.82) is 5.26 Å². The zero-order valence-electron chi connectivity index (χ0n) is 20.0. The van der Waals surface area contributed by atoms with Crippen LogP contribution in [0.3, 0.4) is 0 Å². The molecule has 1 aliphatic rings. The zero-order valence-corrected chi connectivity index (χ0v) is 20.0. The average Bonchev–Trinajstić information content (AvgIpc) is 3.38. The van der Waals surface area contributed by atoms with Gasteiger partial charge in [-0.25, -0.2) is 0 Å². The molecule has 0 saturated heterocycles. The topological polar surface area (TPSA) is 89.8 Å². The summed E-state index contributed by atoms with van der Waals surface area (Å²) in [5, 5.41) is 12.4. The van der Waals surface area contributed by atoms with Gasteiger partial charge >= 0.3 is 0 Å². The molecule has 1 aliphatic heterocycles. The van der Waals surface area contributed by atoms with Gasteiger partial charge in [0.2, 0.25) is 6.79 Å². The Bertz CT molecular complexity index is 1320. The van der Waals surface area contributed by atoms with Crippen LogP contribution in [0.1, 0.15) is 22.3 Å². The number of rotatable bonds is 10. The van der Waals surface area contributed by atoms with Gasteiger partial charge < -0.3 is 24.3 Å². The number of nitriles is 1. The fourth-order valence-electron chi connectivity index (χ4n) is 3.67. The fraction of sp³-hybridized carbons (Fsp3) is 0.172. The van der Waals surface area contributed by atoms with Gasteiger partial charge in [-0.1, -0.05) is 30.3 Å². The Hall–Kier alpha value is -4.70. The molecule has 0 saturated carbocycles. The number of allylic oxidation sites excluding steroid dienone is 1. The van der Waals surface area contributed by atoms with E-state index in [0.29, 0.717) is 31.1 Å². The summed E-state index contributed by atoms with van der Waals surface area (Å²) in [6, 6.07) is 20.6. The van der Waals surface area contributed by atoms with Gasteiger partial charge in [0.05, 0.1) is 7.11 Å². The van der Waals surface area contributed by atoms with Crippen LogP contribution in [0.5, 0.6) is 23.0 Å². The highest BCUT2D eigenvalue weighted by atomic mass is 16.7. The molecule has 36 heavy (non-hydrogen) atoms. The molecule has 0 bridgehead atoms. The Morgan fingerprint density at radius 2 is 1.86 bits per heavy atom. The highest BCUT2D eigenvalue weighted by Gasteiger charge is 2.14. The van der Waals surface area contributed by atoms with Crippen LogP contribution in [0.2, 0.25) is 0 Å². The lowest BCUT2D eigenvalue weighted by atomic mass is 10.0. The number of benzene rings is 3. The van der Waals surface area contributed by atoms with Crippen LogP contribution in [0.4, 0.5) is 0 Å². The summed E-state index contributed by atoms with van der Waals surface area (Å²) in [7, 11) is 1.60. The van der Waals surface area contributed by atoms with E-state index in [-0.39, 0.29) is 12.4 Å². The molecule has 1 amide bonds. The first-order chi connectivity index (χ1) is 17.6. The molecule has 3 aromatic carbocycles. The minimum absolute atomic E-state index is 0.0158. The Morgan fingerprint density at radius 3 is 2.61 bits per heavy atom. The molecule has 1 N–H and O–H groups in total. The quantitative estimate of drug-likeness (QED) is 0.250. The third-order valence-electron chi connectivity index (χ3n) is 5.57. The molecule has 0 atom stereocenters. The fourth-order valence-corrected chi connectivity index (χ4v) is 3.67.